The summed E-state index contributed by atoms with van der Waals surface area (Å²) in [6.07, 6.45) is 0. The van der Waals surface area contributed by atoms with E-state index < -0.39 is 0 Å². The molecule has 0 amide bonds. The second-order valence-corrected chi connectivity index (χ2v) is 1.37. The molecule has 0 saturated heterocycles. The Labute approximate surface area is 137 Å². The topological polar surface area (TPSA) is 0 Å². The number of hydrogen-bond acceptors (Lipinski definition) is 0. The summed E-state index contributed by atoms with van der Waals surface area (Å²) in [5, 5.41) is 0. The third-order valence-corrected chi connectivity index (χ3v) is 0.622. The van der Waals surface area contributed by atoms with E-state index in [-0.39, 0.29) is 103 Å². The summed E-state index contributed by atoms with van der Waals surface area (Å²) in [5.74, 6) is 0. The summed E-state index contributed by atoms with van der Waals surface area (Å²) in [6.45, 7) is 13.9. The van der Waals surface area contributed by atoms with E-state index in [0.29, 0.717) is 11.1 Å². The summed E-state index contributed by atoms with van der Waals surface area (Å²) in [4.78, 5) is 0. The van der Waals surface area contributed by atoms with Crippen molar-refractivity contribution in [2.75, 3.05) is 0 Å². The molecule has 0 aliphatic rings. The Morgan fingerprint density at radius 1 is 0.875 bits per heavy atom. The van der Waals surface area contributed by atoms with Crippen LogP contribution >= 0.6 is 0 Å². The standard InChI is InChI=1S/C6H8.2K/c1-5(2)6(3)4;;/h1,3H,2,4H3;;/q-2;2*+1. The van der Waals surface area contributed by atoms with Gasteiger partial charge in [-0.05, 0) is 0 Å². The number of hydrogen-bond donors (Lipinski definition) is 0. The fourth-order valence-electron chi connectivity index (χ4n) is 0. The molecule has 0 aromatic carbocycles. The SMILES string of the molecule is [CH-]=C(C)C(=[CH-])C.[K+].[K+]. The van der Waals surface area contributed by atoms with Crippen LogP contribution in [0.15, 0.2) is 11.1 Å². The van der Waals surface area contributed by atoms with Gasteiger partial charge in [-0.15, -0.1) is 13.8 Å². The Morgan fingerprint density at radius 3 is 1.00 bits per heavy atom. The van der Waals surface area contributed by atoms with Crippen LogP contribution in [0.2, 0.25) is 0 Å². The first kappa shape index (κ1) is 17.0. The van der Waals surface area contributed by atoms with Gasteiger partial charge in [0.25, 0.3) is 0 Å². The first-order valence-corrected chi connectivity index (χ1v) is 1.83. The summed E-state index contributed by atoms with van der Waals surface area (Å²) in [6, 6.07) is 0. The van der Waals surface area contributed by atoms with Crippen LogP contribution in [-0.2, 0) is 0 Å². The van der Waals surface area contributed by atoms with Crippen molar-refractivity contribution in [2.24, 2.45) is 0 Å². The molecule has 34 valence electrons. The molecule has 0 spiro atoms. The van der Waals surface area contributed by atoms with Crippen molar-refractivity contribution < 1.29 is 103 Å². The normalized spacial score (nSPS) is 5.75. The smallest absolute Gasteiger partial charge is 0.391 e. The van der Waals surface area contributed by atoms with Gasteiger partial charge in [-0.25, -0.2) is 0 Å². The van der Waals surface area contributed by atoms with Crippen molar-refractivity contribution in [3.05, 3.63) is 24.3 Å². The molecule has 0 aromatic rings. The maximum absolute atomic E-state index is 5.19. The molecule has 0 radical (unpaired) electrons. The van der Waals surface area contributed by atoms with Gasteiger partial charge in [0.05, 0.1) is 0 Å². The Morgan fingerprint density at radius 2 is 1.00 bits per heavy atom. The Bertz CT molecular complexity index is 72.5. The van der Waals surface area contributed by atoms with Gasteiger partial charge >= 0.3 is 103 Å². The molecule has 0 unspecified atom stereocenters. The van der Waals surface area contributed by atoms with Crippen LogP contribution in [0.4, 0.5) is 0 Å². The van der Waals surface area contributed by atoms with Crippen LogP contribution in [0.1, 0.15) is 13.8 Å². The van der Waals surface area contributed by atoms with Crippen molar-refractivity contribution in [1.29, 1.82) is 0 Å². The number of rotatable bonds is 1. The summed E-state index contributed by atoms with van der Waals surface area (Å²) < 4.78 is 0. The second kappa shape index (κ2) is 9.75. The van der Waals surface area contributed by atoms with E-state index in [1.54, 1.807) is 13.8 Å². The van der Waals surface area contributed by atoms with Gasteiger partial charge in [-0.2, -0.15) is 0 Å². The van der Waals surface area contributed by atoms with E-state index in [2.05, 4.69) is 0 Å². The van der Waals surface area contributed by atoms with Crippen molar-refractivity contribution in [1.82, 2.24) is 0 Å². The molecule has 0 aliphatic carbocycles. The summed E-state index contributed by atoms with van der Waals surface area (Å²) in [7, 11) is 0. The molecule has 2 heteroatoms. The maximum atomic E-state index is 5.19. The van der Waals surface area contributed by atoms with Gasteiger partial charge in [0.1, 0.15) is 0 Å². The quantitative estimate of drug-likeness (QED) is 0.206. The van der Waals surface area contributed by atoms with Gasteiger partial charge in [0, 0.05) is 0 Å². The minimum atomic E-state index is 0. The molecule has 0 bridgehead atoms. The van der Waals surface area contributed by atoms with E-state index >= 15 is 0 Å². The molecular formula is C6H8K2. The van der Waals surface area contributed by atoms with E-state index in [9.17, 15) is 0 Å². The average molecular weight is 158 g/mol. The molecule has 0 rings (SSSR count). The monoisotopic (exact) mass is 158 g/mol. The molecular weight excluding hydrogens is 150 g/mol. The van der Waals surface area contributed by atoms with Crippen LogP contribution in [0, 0.1) is 13.2 Å². The van der Waals surface area contributed by atoms with E-state index in [1.165, 1.54) is 0 Å². The van der Waals surface area contributed by atoms with Crippen LogP contribution in [0.5, 0.6) is 0 Å². The molecule has 8 heavy (non-hydrogen) atoms. The molecule has 0 aliphatic heterocycles. The number of allylic oxidation sites excluding steroid dienone is 2. The minimum Gasteiger partial charge on any atom is -0.391 e. The van der Waals surface area contributed by atoms with Gasteiger partial charge in [-0.3, -0.25) is 0 Å². The Hall–Kier alpha value is 2.75. The molecule has 0 aromatic heterocycles. The fourth-order valence-corrected chi connectivity index (χ4v) is 0. The zero-order valence-corrected chi connectivity index (χ0v) is 12.4. The van der Waals surface area contributed by atoms with E-state index in [4.69, 9.17) is 13.2 Å². The molecule has 0 heterocycles. The van der Waals surface area contributed by atoms with E-state index in [1.807, 2.05) is 0 Å². The molecule has 0 N–H and O–H groups in total. The fraction of sp³-hybridized carbons (Fsp3) is 0.333. The first-order valence-electron chi connectivity index (χ1n) is 1.83. The zero-order valence-electron chi connectivity index (χ0n) is 6.15. The molecule has 0 atom stereocenters. The van der Waals surface area contributed by atoms with Crippen LogP contribution in [-0.4, -0.2) is 0 Å². The van der Waals surface area contributed by atoms with Crippen LogP contribution in [0.25, 0.3) is 0 Å². The third-order valence-electron chi connectivity index (χ3n) is 0.622. The second-order valence-electron chi connectivity index (χ2n) is 1.37. The Kier molecular flexibility index (Phi) is 20.7. The van der Waals surface area contributed by atoms with Crippen molar-refractivity contribution in [3.8, 4) is 0 Å². The van der Waals surface area contributed by atoms with Crippen molar-refractivity contribution in [3.63, 3.8) is 0 Å². The van der Waals surface area contributed by atoms with Crippen LogP contribution < -0.4 is 103 Å². The summed E-state index contributed by atoms with van der Waals surface area (Å²) in [5.41, 5.74) is 1.41. The minimum absolute atomic E-state index is 0. The van der Waals surface area contributed by atoms with Crippen molar-refractivity contribution >= 4 is 0 Å². The molecule has 0 fully saturated rings. The van der Waals surface area contributed by atoms with Gasteiger partial charge in [-0.1, -0.05) is 0 Å². The Balaban J connectivity index is -0.000000125. The summed E-state index contributed by atoms with van der Waals surface area (Å²) >= 11 is 0. The zero-order chi connectivity index (χ0) is 5.15. The predicted molar refractivity (Wildman–Crippen MR) is 27.0 cm³/mol. The third kappa shape index (κ3) is 11.5. The van der Waals surface area contributed by atoms with E-state index in [0.717, 1.165) is 0 Å². The largest absolute Gasteiger partial charge is 1.00 e. The van der Waals surface area contributed by atoms with Gasteiger partial charge in [0.15, 0.2) is 0 Å². The molecule has 0 nitrogen and oxygen atoms in total. The van der Waals surface area contributed by atoms with Crippen LogP contribution in [0.3, 0.4) is 0 Å². The molecule has 0 saturated carbocycles. The predicted octanol–water partition coefficient (Wildman–Crippen LogP) is -4.25. The first-order chi connectivity index (χ1) is 2.64. The average Bonchev–Trinajstić information content (AvgIpc) is 1.36. The van der Waals surface area contributed by atoms with Gasteiger partial charge < -0.3 is 24.3 Å². The van der Waals surface area contributed by atoms with Gasteiger partial charge in [0.2, 0.25) is 0 Å². The van der Waals surface area contributed by atoms with Crippen molar-refractivity contribution in [2.45, 2.75) is 13.8 Å². The maximum Gasteiger partial charge on any atom is 1.00 e.